The van der Waals surface area contributed by atoms with Crippen molar-refractivity contribution in [1.82, 2.24) is 0 Å². The Bertz CT molecular complexity index is 596. The highest BCUT2D eigenvalue weighted by Crippen LogP contribution is 2.29. The molecule has 0 aliphatic carbocycles. The van der Waals surface area contributed by atoms with Crippen molar-refractivity contribution in [3.05, 3.63) is 57.2 Å². The van der Waals surface area contributed by atoms with Crippen molar-refractivity contribution >= 4 is 28.5 Å². The van der Waals surface area contributed by atoms with Crippen LogP contribution in [0.25, 0.3) is 0 Å². The van der Waals surface area contributed by atoms with E-state index in [0.717, 1.165) is 9.13 Å². The third kappa shape index (κ3) is 2.81. The molecule has 0 bridgehead atoms. The molecular formula is C14H12INO2. The van der Waals surface area contributed by atoms with E-state index < -0.39 is 5.91 Å². The van der Waals surface area contributed by atoms with Gasteiger partial charge in [0.25, 0.3) is 5.91 Å². The summed E-state index contributed by atoms with van der Waals surface area (Å²) in [6, 6.07) is 12.9. The molecular weight excluding hydrogens is 341 g/mol. The van der Waals surface area contributed by atoms with E-state index in [-0.39, 0.29) is 0 Å². The summed E-state index contributed by atoms with van der Waals surface area (Å²) in [5, 5.41) is 0. The van der Waals surface area contributed by atoms with Gasteiger partial charge in [0.1, 0.15) is 11.5 Å². The van der Waals surface area contributed by atoms with Gasteiger partial charge in [-0.1, -0.05) is 18.2 Å². The minimum atomic E-state index is -0.490. The number of nitrogens with two attached hydrogens (primary N) is 1. The lowest BCUT2D eigenvalue weighted by Gasteiger charge is -2.11. The molecule has 0 unspecified atom stereocenters. The van der Waals surface area contributed by atoms with E-state index >= 15 is 0 Å². The van der Waals surface area contributed by atoms with Gasteiger partial charge in [0.05, 0.1) is 9.13 Å². The first-order valence-electron chi connectivity index (χ1n) is 5.41. The number of benzene rings is 2. The first-order chi connectivity index (χ1) is 8.58. The SMILES string of the molecule is Cc1ccc(C(N)=O)c(Oc2ccccc2I)c1. The van der Waals surface area contributed by atoms with E-state index in [0.29, 0.717) is 17.1 Å². The Morgan fingerprint density at radius 2 is 1.89 bits per heavy atom. The quantitative estimate of drug-likeness (QED) is 0.859. The zero-order chi connectivity index (χ0) is 13.1. The van der Waals surface area contributed by atoms with Crippen LogP contribution >= 0.6 is 22.6 Å². The number of hydrogen-bond donors (Lipinski definition) is 1. The van der Waals surface area contributed by atoms with Crippen molar-refractivity contribution in [2.24, 2.45) is 5.73 Å². The molecule has 2 aromatic carbocycles. The molecule has 1 amide bonds. The third-order valence-electron chi connectivity index (χ3n) is 2.46. The van der Waals surface area contributed by atoms with E-state index in [2.05, 4.69) is 22.6 Å². The molecule has 0 heterocycles. The van der Waals surface area contributed by atoms with Gasteiger partial charge in [-0.25, -0.2) is 0 Å². The van der Waals surface area contributed by atoms with Crippen LogP contribution in [0, 0.1) is 10.5 Å². The van der Waals surface area contributed by atoms with E-state index in [4.69, 9.17) is 10.5 Å². The fourth-order valence-electron chi connectivity index (χ4n) is 1.56. The van der Waals surface area contributed by atoms with Crippen molar-refractivity contribution in [2.75, 3.05) is 0 Å². The number of hydrogen-bond acceptors (Lipinski definition) is 2. The van der Waals surface area contributed by atoms with Gasteiger partial charge in [-0.3, -0.25) is 4.79 Å². The second kappa shape index (κ2) is 5.39. The van der Waals surface area contributed by atoms with Gasteiger partial charge >= 0.3 is 0 Å². The van der Waals surface area contributed by atoms with Gasteiger partial charge in [-0.15, -0.1) is 0 Å². The molecule has 0 saturated heterocycles. The van der Waals surface area contributed by atoms with Crippen molar-refractivity contribution in [3.63, 3.8) is 0 Å². The van der Waals surface area contributed by atoms with Gasteiger partial charge in [0.15, 0.2) is 0 Å². The molecule has 0 atom stereocenters. The second-order valence-electron chi connectivity index (χ2n) is 3.90. The summed E-state index contributed by atoms with van der Waals surface area (Å²) in [6.45, 7) is 1.94. The molecule has 0 spiro atoms. The Balaban J connectivity index is 2.42. The maximum Gasteiger partial charge on any atom is 0.252 e. The zero-order valence-electron chi connectivity index (χ0n) is 9.81. The number of primary amides is 1. The molecule has 92 valence electrons. The van der Waals surface area contributed by atoms with Gasteiger partial charge in [0, 0.05) is 0 Å². The largest absolute Gasteiger partial charge is 0.455 e. The van der Waals surface area contributed by atoms with Crippen LogP contribution in [0.15, 0.2) is 42.5 Å². The molecule has 0 aliphatic rings. The van der Waals surface area contributed by atoms with Gasteiger partial charge < -0.3 is 10.5 Å². The monoisotopic (exact) mass is 353 g/mol. The molecule has 2 aromatic rings. The summed E-state index contributed by atoms with van der Waals surface area (Å²) in [5.41, 5.74) is 6.74. The van der Waals surface area contributed by atoms with Crippen LogP contribution in [0.5, 0.6) is 11.5 Å². The topological polar surface area (TPSA) is 52.3 Å². The minimum absolute atomic E-state index is 0.389. The van der Waals surface area contributed by atoms with E-state index in [9.17, 15) is 4.79 Å². The van der Waals surface area contributed by atoms with Crippen LogP contribution in [0.3, 0.4) is 0 Å². The van der Waals surface area contributed by atoms with Gasteiger partial charge in [0.2, 0.25) is 0 Å². The van der Waals surface area contributed by atoms with Crippen LogP contribution in [0.1, 0.15) is 15.9 Å². The number of ether oxygens (including phenoxy) is 1. The van der Waals surface area contributed by atoms with E-state index in [1.807, 2.05) is 43.3 Å². The Hall–Kier alpha value is -1.56. The van der Waals surface area contributed by atoms with Crippen molar-refractivity contribution < 1.29 is 9.53 Å². The van der Waals surface area contributed by atoms with Gasteiger partial charge in [-0.2, -0.15) is 0 Å². The molecule has 18 heavy (non-hydrogen) atoms. The fraction of sp³-hybridized carbons (Fsp3) is 0.0714. The highest BCUT2D eigenvalue weighted by Gasteiger charge is 2.11. The molecule has 0 radical (unpaired) electrons. The van der Waals surface area contributed by atoms with E-state index in [1.54, 1.807) is 6.07 Å². The lowest BCUT2D eigenvalue weighted by molar-refractivity contribution is 0.0998. The highest BCUT2D eigenvalue weighted by atomic mass is 127. The summed E-state index contributed by atoms with van der Waals surface area (Å²) < 4.78 is 6.75. The number of rotatable bonds is 3. The lowest BCUT2D eigenvalue weighted by Crippen LogP contribution is -2.12. The van der Waals surface area contributed by atoms with Crippen LogP contribution in [0.4, 0.5) is 0 Å². The lowest BCUT2D eigenvalue weighted by atomic mass is 10.1. The normalized spacial score (nSPS) is 10.1. The molecule has 3 nitrogen and oxygen atoms in total. The van der Waals surface area contributed by atoms with Gasteiger partial charge in [-0.05, 0) is 59.3 Å². The first kappa shape index (κ1) is 12.9. The van der Waals surface area contributed by atoms with Crippen molar-refractivity contribution in [3.8, 4) is 11.5 Å². The first-order valence-corrected chi connectivity index (χ1v) is 6.48. The van der Waals surface area contributed by atoms with Crippen LogP contribution in [0.2, 0.25) is 0 Å². The number of para-hydroxylation sites is 1. The average molecular weight is 353 g/mol. The molecule has 0 saturated carbocycles. The minimum Gasteiger partial charge on any atom is -0.455 e. The van der Waals surface area contributed by atoms with Crippen LogP contribution in [-0.4, -0.2) is 5.91 Å². The summed E-state index contributed by atoms with van der Waals surface area (Å²) in [4.78, 5) is 11.3. The Morgan fingerprint density at radius 3 is 2.56 bits per heavy atom. The maximum atomic E-state index is 11.3. The predicted octanol–water partition coefficient (Wildman–Crippen LogP) is 3.49. The predicted molar refractivity (Wildman–Crippen MR) is 78.9 cm³/mol. The highest BCUT2D eigenvalue weighted by molar-refractivity contribution is 14.1. The average Bonchev–Trinajstić information content (AvgIpc) is 2.32. The number of aryl methyl sites for hydroxylation is 1. The van der Waals surface area contributed by atoms with Crippen LogP contribution in [-0.2, 0) is 0 Å². The zero-order valence-corrected chi connectivity index (χ0v) is 12.0. The third-order valence-corrected chi connectivity index (χ3v) is 3.35. The smallest absolute Gasteiger partial charge is 0.252 e. The van der Waals surface area contributed by atoms with Crippen molar-refractivity contribution in [1.29, 1.82) is 0 Å². The van der Waals surface area contributed by atoms with Crippen molar-refractivity contribution in [2.45, 2.75) is 6.92 Å². The molecule has 2 rings (SSSR count). The second-order valence-corrected chi connectivity index (χ2v) is 5.06. The Morgan fingerprint density at radius 1 is 1.17 bits per heavy atom. The Kier molecular flexibility index (Phi) is 3.86. The number of carbonyl (C=O) groups excluding carboxylic acids is 1. The molecule has 0 aliphatic heterocycles. The summed E-state index contributed by atoms with van der Waals surface area (Å²) in [7, 11) is 0. The maximum absolute atomic E-state index is 11.3. The number of carbonyl (C=O) groups is 1. The standard InChI is InChI=1S/C14H12INO2/c1-9-6-7-10(14(16)17)13(8-9)18-12-5-3-2-4-11(12)15/h2-8H,1H3,(H2,16,17). The number of amides is 1. The summed E-state index contributed by atoms with van der Waals surface area (Å²) in [5.74, 6) is 0.716. The fourth-order valence-corrected chi connectivity index (χ4v) is 2.06. The summed E-state index contributed by atoms with van der Waals surface area (Å²) in [6.07, 6.45) is 0. The van der Waals surface area contributed by atoms with E-state index in [1.165, 1.54) is 0 Å². The van der Waals surface area contributed by atoms with Crippen LogP contribution < -0.4 is 10.5 Å². The summed E-state index contributed by atoms with van der Waals surface area (Å²) >= 11 is 2.18. The molecule has 0 aromatic heterocycles. The Labute approximate surface area is 119 Å². The molecule has 0 fully saturated rings. The molecule has 2 N–H and O–H groups in total. The number of halogens is 1. The molecule has 4 heteroatoms.